The van der Waals surface area contributed by atoms with Gasteiger partial charge in [0.05, 0.1) is 6.10 Å². The third kappa shape index (κ3) is 3.08. The Kier molecular flexibility index (Phi) is 4.42. The fourth-order valence-corrected chi connectivity index (χ4v) is 3.04. The summed E-state index contributed by atoms with van der Waals surface area (Å²) in [5, 5.41) is 13.2. The summed E-state index contributed by atoms with van der Waals surface area (Å²) in [5.74, 6) is 0.812. The zero-order chi connectivity index (χ0) is 11.4. The molecule has 0 bridgehead atoms. The summed E-state index contributed by atoms with van der Waals surface area (Å²) < 4.78 is 0. The van der Waals surface area contributed by atoms with Crippen LogP contribution in [0.5, 0.6) is 0 Å². The first-order valence-corrected chi connectivity index (χ1v) is 6.88. The molecule has 2 heteroatoms. The summed E-state index contributed by atoms with van der Waals surface area (Å²) in [7, 11) is 0. The molecule has 0 amide bonds. The Bertz CT molecular complexity index is 259. The molecule has 2 rings (SSSR count). The van der Waals surface area contributed by atoms with Gasteiger partial charge in [-0.25, -0.2) is 0 Å². The van der Waals surface area contributed by atoms with Gasteiger partial charge in [-0.1, -0.05) is 24.5 Å². The van der Waals surface area contributed by atoms with E-state index in [4.69, 9.17) is 0 Å². The molecule has 0 saturated carbocycles. The van der Waals surface area contributed by atoms with Gasteiger partial charge in [-0.15, -0.1) is 0 Å². The summed E-state index contributed by atoms with van der Waals surface area (Å²) in [6.45, 7) is 4.57. The third-order valence-corrected chi connectivity index (χ3v) is 3.97. The third-order valence-electron chi connectivity index (χ3n) is 3.97. The number of aliphatic hydroxyl groups is 1. The highest BCUT2D eigenvalue weighted by molar-refractivity contribution is 5.24. The zero-order valence-electron chi connectivity index (χ0n) is 10.5. The lowest BCUT2D eigenvalue weighted by atomic mass is 9.92. The van der Waals surface area contributed by atoms with Crippen LogP contribution in [0.15, 0.2) is 11.1 Å². The highest BCUT2D eigenvalue weighted by atomic mass is 16.3. The summed E-state index contributed by atoms with van der Waals surface area (Å²) in [4.78, 5) is 0. The van der Waals surface area contributed by atoms with Gasteiger partial charge in [-0.2, -0.15) is 0 Å². The maximum atomic E-state index is 9.64. The second kappa shape index (κ2) is 5.83. The molecule has 92 valence electrons. The minimum absolute atomic E-state index is 0.0504. The zero-order valence-corrected chi connectivity index (χ0v) is 10.5. The van der Waals surface area contributed by atoms with E-state index in [1.807, 2.05) is 0 Å². The van der Waals surface area contributed by atoms with Gasteiger partial charge in [0.1, 0.15) is 0 Å². The van der Waals surface area contributed by atoms with Crippen LogP contribution in [-0.2, 0) is 0 Å². The topological polar surface area (TPSA) is 32.3 Å². The molecule has 16 heavy (non-hydrogen) atoms. The summed E-state index contributed by atoms with van der Waals surface area (Å²) in [6, 6.07) is 0. The predicted octanol–water partition coefficient (Wildman–Crippen LogP) is 2.63. The van der Waals surface area contributed by atoms with Crippen LogP contribution in [-0.4, -0.2) is 24.3 Å². The van der Waals surface area contributed by atoms with Crippen molar-refractivity contribution in [2.75, 3.05) is 13.1 Å². The fraction of sp³-hybridized carbons (Fsp3) is 0.857. The molecule has 0 heterocycles. The number of rotatable bonds is 5. The van der Waals surface area contributed by atoms with Gasteiger partial charge in [-0.05, 0) is 57.5 Å². The normalized spacial score (nSPS) is 29.6. The number of allylic oxidation sites excluding steroid dienone is 1. The minimum atomic E-state index is -0.0504. The van der Waals surface area contributed by atoms with Gasteiger partial charge in [0.25, 0.3) is 0 Å². The molecule has 0 spiro atoms. The average molecular weight is 223 g/mol. The van der Waals surface area contributed by atoms with E-state index in [9.17, 15) is 5.11 Å². The molecular weight excluding hydrogens is 198 g/mol. The Hall–Kier alpha value is -0.340. The quantitative estimate of drug-likeness (QED) is 0.555. The Balaban J connectivity index is 1.70. The monoisotopic (exact) mass is 223 g/mol. The van der Waals surface area contributed by atoms with Gasteiger partial charge < -0.3 is 10.4 Å². The highest BCUT2D eigenvalue weighted by Gasteiger charge is 2.28. The SMILES string of the molecule is CCCCNC[C@@H]1CC2=C(C[C@H](O)CC2)C1. The molecule has 2 aliphatic rings. The average Bonchev–Trinajstić information content (AvgIpc) is 2.66. The molecule has 0 aromatic rings. The first kappa shape index (κ1) is 12.1. The number of hydrogen-bond donors (Lipinski definition) is 2. The van der Waals surface area contributed by atoms with E-state index < -0.39 is 0 Å². The van der Waals surface area contributed by atoms with Crippen molar-refractivity contribution in [1.29, 1.82) is 0 Å². The predicted molar refractivity (Wildman–Crippen MR) is 67.4 cm³/mol. The smallest absolute Gasteiger partial charge is 0.0580 e. The van der Waals surface area contributed by atoms with E-state index in [2.05, 4.69) is 12.2 Å². The molecule has 0 radical (unpaired) electrons. The van der Waals surface area contributed by atoms with Crippen molar-refractivity contribution < 1.29 is 5.11 Å². The van der Waals surface area contributed by atoms with E-state index >= 15 is 0 Å². The summed E-state index contributed by atoms with van der Waals surface area (Å²) in [5.41, 5.74) is 3.26. The second-order valence-electron chi connectivity index (χ2n) is 5.44. The molecule has 0 aromatic heterocycles. The molecule has 0 aromatic carbocycles. The van der Waals surface area contributed by atoms with Gasteiger partial charge in [0, 0.05) is 0 Å². The lowest BCUT2D eigenvalue weighted by Crippen LogP contribution is -2.22. The largest absolute Gasteiger partial charge is 0.393 e. The molecule has 2 nitrogen and oxygen atoms in total. The summed E-state index contributed by atoms with van der Waals surface area (Å²) >= 11 is 0. The van der Waals surface area contributed by atoms with Gasteiger partial charge in [0.15, 0.2) is 0 Å². The standard InChI is InChI=1S/C14H25NO/c1-2-3-6-15-10-11-7-12-4-5-14(16)9-13(12)8-11/h11,14-16H,2-10H2,1H3/t11-,14-/m1/s1. The maximum Gasteiger partial charge on any atom is 0.0580 e. The number of aliphatic hydroxyl groups excluding tert-OH is 1. The van der Waals surface area contributed by atoms with E-state index in [-0.39, 0.29) is 6.10 Å². The van der Waals surface area contributed by atoms with Crippen LogP contribution in [0.3, 0.4) is 0 Å². The Morgan fingerprint density at radius 1 is 1.25 bits per heavy atom. The van der Waals surface area contributed by atoms with Crippen molar-refractivity contribution in [2.45, 2.75) is 58.0 Å². The Labute approximate surface area is 99.1 Å². The van der Waals surface area contributed by atoms with Crippen LogP contribution in [0.2, 0.25) is 0 Å². The molecule has 0 fully saturated rings. The van der Waals surface area contributed by atoms with Crippen molar-refractivity contribution >= 4 is 0 Å². The van der Waals surface area contributed by atoms with Crippen LogP contribution in [0.4, 0.5) is 0 Å². The molecular formula is C14H25NO. The van der Waals surface area contributed by atoms with Crippen molar-refractivity contribution in [3.8, 4) is 0 Å². The van der Waals surface area contributed by atoms with Crippen molar-refractivity contribution in [1.82, 2.24) is 5.32 Å². The number of nitrogens with one attached hydrogen (secondary N) is 1. The van der Waals surface area contributed by atoms with E-state index in [1.165, 1.54) is 38.8 Å². The highest BCUT2D eigenvalue weighted by Crippen LogP contribution is 2.39. The molecule has 2 N–H and O–H groups in total. The lowest BCUT2D eigenvalue weighted by molar-refractivity contribution is 0.158. The van der Waals surface area contributed by atoms with Crippen LogP contribution < -0.4 is 5.32 Å². The van der Waals surface area contributed by atoms with E-state index in [1.54, 1.807) is 11.1 Å². The van der Waals surface area contributed by atoms with Crippen LogP contribution in [0, 0.1) is 5.92 Å². The van der Waals surface area contributed by atoms with Crippen LogP contribution in [0.25, 0.3) is 0 Å². The summed E-state index contributed by atoms with van der Waals surface area (Å²) in [6.07, 6.45) is 8.16. The number of hydrogen-bond acceptors (Lipinski definition) is 2. The van der Waals surface area contributed by atoms with Crippen molar-refractivity contribution in [3.05, 3.63) is 11.1 Å². The molecule has 0 unspecified atom stereocenters. The molecule has 0 aliphatic heterocycles. The van der Waals surface area contributed by atoms with E-state index in [0.717, 1.165) is 25.2 Å². The van der Waals surface area contributed by atoms with Crippen LogP contribution in [0.1, 0.15) is 51.9 Å². The lowest BCUT2D eigenvalue weighted by Gasteiger charge is -2.18. The maximum absolute atomic E-state index is 9.64. The van der Waals surface area contributed by atoms with Gasteiger partial charge >= 0.3 is 0 Å². The molecule has 2 aliphatic carbocycles. The molecule has 2 atom stereocenters. The van der Waals surface area contributed by atoms with E-state index in [0.29, 0.717) is 0 Å². The first-order chi connectivity index (χ1) is 7.79. The van der Waals surface area contributed by atoms with Crippen LogP contribution >= 0.6 is 0 Å². The Morgan fingerprint density at radius 2 is 2.06 bits per heavy atom. The van der Waals surface area contributed by atoms with Crippen molar-refractivity contribution in [3.63, 3.8) is 0 Å². The fourth-order valence-electron chi connectivity index (χ4n) is 3.04. The second-order valence-corrected chi connectivity index (χ2v) is 5.44. The van der Waals surface area contributed by atoms with Crippen molar-refractivity contribution in [2.24, 2.45) is 5.92 Å². The number of unbranched alkanes of at least 4 members (excludes halogenated alkanes) is 1. The Morgan fingerprint density at radius 3 is 2.88 bits per heavy atom. The minimum Gasteiger partial charge on any atom is -0.393 e. The molecule has 0 saturated heterocycles. The first-order valence-electron chi connectivity index (χ1n) is 6.88. The van der Waals surface area contributed by atoms with Gasteiger partial charge in [0.2, 0.25) is 0 Å². The van der Waals surface area contributed by atoms with Gasteiger partial charge in [-0.3, -0.25) is 0 Å².